The minimum atomic E-state index is -0.731. The second-order valence-electron chi connectivity index (χ2n) is 4.45. The van der Waals surface area contributed by atoms with E-state index in [1.54, 1.807) is 0 Å². The van der Waals surface area contributed by atoms with Gasteiger partial charge in [0.1, 0.15) is 6.04 Å². The van der Waals surface area contributed by atoms with Crippen LogP contribution in [0.4, 0.5) is 0 Å². The molecule has 0 aromatic heterocycles. The zero-order chi connectivity index (χ0) is 11.5. The fourth-order valence-electron chi connectivity index (χ4n) is 1.95. The van der Waals surface area contributed by atoms with Crippen LogP contribution >= 0.6 is 0 Å². The van der Waals surface area contributed by atoms with Crippen molar-refractivity contribution >= 4 is 5.97 Å². The highest BCUT2D eigenvalue weighted by Gasteiger charge is 2.36. The fourth-order valence-corrected chi connectivity index (χ4v) is 1.95. The Hall–Kier alpha value is -1.35. The number of aliphatic carboxylic acids is 1. The first-order chi connectivity index (χ1) is 7.68. The van der Waals surface area contributed by atoms with E-state index in [-0.39, 0.29) is 6.04 Å². The monoisotopic (exact) mass is 219 g/mol. The van der Waals surface area contributed by atoms with E-state index in [0.717, 1.165) is 18.4 Å². The first kappa shape index (κ1) is 11.1. The quantitative estimate of drug-likeness (QED) is 0.798. The van der Waals surface area contributed by atoms with Crippen LogP contribution in [-0.2, 0) is 4.79 Å². The van der Waals surface area contributed by atoms with Gasteiger partial charge in [-0.15, -0.1) is 0 Å². The van der Waals surface area contributed by atoms with Gasteiger partial charge in [0.2, 0.25) is 0 Å². The molecule has 3 heteroatoms. The molecule has 1 aromatic rings. The van der Waals surface area contributed by atoms with E-state index in [9.17, 15) is 4.79 Å². The molecular weight excluding hydrogens is 202 g/mol. The van der Waals surface area contributed by atoms with Crippen molar-refractivity contribution in [3.63, 3.8) is 0 Å². The van der Waals surface area contributed by atoms with E-state index in [0.29, 0.717) is 5.92 Å². The number of nitrogens with one attached hydrogen (secondary N) is 1. The highest BCUT2D eigenvalue weighted by Crippen LogP contribution is 2.33. The van der Waals surface area contributed by atoms with Gasteiger partial charge in [-0.1, -0.05) is 30.3 Å². The Morgan fingerprint density at radius 3 is 2.50 bits per heavy atom. The molecule has 1 aromatic carbocycles. The summed E-state index contributed by atoms with van der Waals surface area (Å²) in [5.74, 6) is -0.408. The Labute approximate surface area is 95.5 Å². The molecule has 0 bridgehead atoms. The third-order valence-electron chi connectivity index (χ3n) is 3.09. The van der Waals surface area contributed by atoms with Crippen molar-refractivity contribution in [3.8, 4) is 0 Å². The summed E-state index contributed by atoms with van der Waals surface area (Å²) in [5, 5.41) is 12.3. The largest absolute Gasteiger partial charge is 0.480 e. The average Bonchev–Trinajstić information content (AvgIpc) is 3.10. The van der Waals surface area contributed by atoms with Crippen molar-refractivity contribution in [2.75, 3.05) is 0 Å². The summed E-state index contributed by atoms with van der Waals surface area (Å²) in [5.41, 5.74) is 1.13. The number of hydrogen-bond acceptors (Lipinski definition) is 2. The van der Waals surface area contributed by atoms with Crippen LogP contribution in [0, 0.1) is 5.92 Å². The maximum atomic E-state index is 11.1. The molecule has 1 aliphatic carbocycles. The Morgan fingerprint density at radius 2 is 2.00 bits per heavy atom. The van der Waals surface area contributed by atoms with Gasteiger partial charge in [-0.25, -0.2) is 0 Å². The first-order valence-electron chi connectivity index (χ1n) is 5.72. The molecule has 2 N–H and O–H groups in total. The predicted molar refractivity (Wildman–Crippen MR) is 62.1 cm³/mol. The second kappa shape index (κ2) is 4.66. The SMILES string of the molecule is C[C@@H](N[C@@H](C(=O)O)C1CC1)c1ccccc1. The van der Waals surface area contributed by atoms with E-state index in [1.807, 2.05) is 37.3 Å². The van der Waals surface area contributed by atoms with Crippen molar-refractivity contribution in [2.45, 2.75) is 31.8 Å². The highest BCUT2D eigenvalue weighted by atomic mass is 16.4. The second-order valence-corrected chi connectivity index (χ2v) is 4.45. The van der Waals surface area contributed by atoms with E-state index in [1.165, 1.54) is 0 Å². The molecule has 16 heavy (non-hydrogen) atoms. The molecule has 0 saturated heterocycles. The normalized spacial score (nSPS) is 19.1. The zero-order valence-corrected chi connectivity index (χ0v) is 9.39. The summed E-state index contributed by atoms with van der Waals surface area (Å²) in [6.07, 6.45) is 2.07. The standard InChI is InChI=1S/C13H17NO2/c1-9(10-5-3-2-4-6-10)14-12(13(15)16)11-7-8-11/h2-6,9,11-12,14H,7-8H2,1H3,(H,15,16)/t9-,12-/m1/s1. The van der Waals surface area contributed by atoms with E-state index >= 15 is 0 Å². The molecule has 0 heterocycles. The number of carboxylic acid groups (broad SMARTS) is 1. The van der Waals surface area contributed by atoms with Crippen molar-refractivity contribution in [2.24, 2.45) is 5.92 Å². The smallest absolute Gasteiger partial charge is 0.320 e. The lowest BCUT2D eigenvalue weighted by molar-refractivity contribution is -0.140. The van der Waals surface area contributed by atoms with E-state index in [2.05, 4.69) is 5.32 Å². The molecule has 86 valence electrons. The van der Waals surface area contributed by atoms with Gasteiger partial charge in [-0.2, -0.15) is 0 Å². The van der Waals surface area contributed by atoms with Crippen LogP contribution in [0.15, 0.2) is 30.3 Å². The molecule has 1 aliphatic rings. The summed E-state index contributed by atoms with van der Waals surface area (Å²) in [6, 6.07) is 9.64. The maximum absolute atomic E-state index is 11.1. The molecule has 3 nitrogen and oxygen atoms in total. The van der Waals surface area contributed by atoms with Gasteiger partial charge in [0.15, 0.2) is 0 Å². The Kier molecular flexibility index (Phi) is 3.25. The molecule has 0 spiro atoms. The Bertz CT molecular complexity index is 359. The van der Waals surface area contributed by atoms with Crippen molar-refractivity contribution < 1.29 is 9.90 Å². The van der Waals surface area contributed by atoms with Crippen molar-refractivity contribution in [1.82, 2.24) is 5.32 Å². The summed E-state index contributed by atoms with van der Waals surface area (Å²) in [6.45, 7) is 2.01. The Balaban J connectivity index is 2.00. The van der Waals surface area contributed by atoms with Crippen LogP contribution in [0.2, 0.25) is 0 Å². The van der Waals surface area contributed by atoms with Crippen molar-refractivity contribution in [1.29, 1.82) is 0 Å². The van der Waals surface area contributed by atoms with Crippen LogP contribution in [-0.4, -0.2) is 17.1 Å². The minimum Gasteiger partial charge on any atom is -0.480 e. The lowest BCUT2D eigenvalue weighted by atomic mass is 10.1. The molecule has 1 saturated carbocycles. The van der Waals surface area contributed by atoms with Gasteiger partial charge in [0.25, 0.3) is 0 Å². The third-order valence-corrected chi connectivity index (χ3v) is 3.09. The molecule has 0 amide bonds. The first-order valence-corrected chi connectivity index (χ1v) is 5.72. The van der Waals surface area contributed by atoms with Gasteiger partial charge in [-0.3, -0.25) is 10.1 Å². The van der Waals surface area contributed by atoms with Gasteiger partial charge in [0.05, 0.1) is 0 Å². The van der Waals surface area contributed by atoms with E-state index < -0.39 is 12.0 Å². The number of carboxylic acids is 1. The van der Waals surface area contributed by atoms with Crippen LogP contribution in [0.25, 0.3) is 0 Å². The lowest BCUT2D eigenvalue weighted by Crippen LogP contribution is -2.39. The molecule has 2 atom stereocenters. The predicted octanol–water partition coefficient (Wildman–Crippen LogP) is 2.20. The molecule has 0 unspecified atom stereocenters. The van der Waals surface area contributed by atoms with Gasteiger partial charge in [0, 0.05) is 6.04 Å². The van der Waals surface area contributed by atoms with Crippen LogP contribution in [0.3, 0.4) is 0 Å². The van der Waals surface area contributed by atoms with Crippen LogP contribution in [0.1, 0.15) is 31.4 Å². The summed E-state index contributed by atoms with van der Waals surface area (Å²) in [4.78, 5) is 11.1. The number of rotatable bonds is 5. The molecule has 0 radical (unpaired) electrons. The molecule has 2 rings (SSSR count). The molecule has 0 aliphatic heterocycles. The summed E-state index contributed by atoms with van der Waals surface area (Å²) in [7, 11) is 0. The van der Waals surface area contributed by atoms with Gasteiger partial charge < -0.3 is 5.11 Å². The Morgan fingerprint density at radius 1 is 1.38 bits per heavy atom. The van der Waals surface area contributed by atoms with Gasteiger partial charge >= 0.3 is 5.97 Å². The highest BCUT2D eigenvalue weighted by molar-refractivity contribution is 5.74. The zero-order valence-electron chi connectivity index (χ0n) is 9.39. The van der Waals surface area contributed by atoms with E-state index in [4.69, 9.17) is 5.11 Å². The topological polar surface area (TPSA) is 49.3 Å². The lowest BCUT2D eigenvalue weighted by Gasteiger charge is -2.20. The number of hydrogen-bond donors (Lipinski definition) is 2. The number of benzene rings is 1. The fraction of sp³-hybridized carbons (Fsp3) is 0.462. The molecular formula is C13H17NO2. The molecule has 1 fully saturated rings. The minimum absolute atomic E-state index is 0.0860. The van der Waals surface area contributed by atoms with Crippen LogP contribution in [0.5, 0.6) is 0 Å². The summed E-state index contributed by atoms with van der Waals surface area (Å²) >= 11 is 0. The van der Waals surface area contributed by atoms with Crippen molar-refractivity contribution in [3.05, 3.63) is 35.9 Å². The maximum Gasteiger partial charge on any atom is 0.320 e. The van der Waals surface area contributed by atoms with Crippen LogP contribution < -0.4 is 5.32 Å². The third kappa shape index (κ3) is 2.61. The number of carbonyl (C=O) groups is 1. The average molecular weight is 219 g/mol. The summed E-state index contributed by atoms with van der Waals surface area (Å²) < 4.78 is 0. The van der Waals surface area contributed by atoms with Gasteiger partial charge in [-0.05, 0) is 31.2 Å².